The maximum Gasteiger partial charge on any atom is 0.166 e. The van der Waals surface area contributed by atoms with Gasteiger partial charge in [0.15, 0.2) is 5.82 Å². The number of ether oxygens (including phenoxy) is 1. The Hall–Kier alpha value is -2.45. The fourth-order valence-corrected chi connectivity index (χ4v) is 1.73. The van der Waals surface area contributed by atoms with Crippen molar-refractivity contribution in [3.63, 3.8) is 0 Å². The van der Waals surface area contributed by atoms with E-state index in [1.165, 1.54) is 6.20 Å². The van der Waals surface area contributed by atoms with Crippen LogP contribution in [0.4, 0.5) is 5.82 Å². The highest BCUT2D eigenvalue weighted by molar-refractivity contribution is 5.50. The minimum atomic E-state index is 0.489. The van der Waals surface area contributed by atoms with E-state index < -0.39 is 0 Å². The van der Waals surface area contributed by atoms with E-state index in [0.717, 1.165) is 11.1 Å². The van der Waals surface area contributed by atoms with Crippen molar-refractivity contribution in [1.82, 2.24) is 10.2 Å². The zero-order valence-electron chi connectivity index (χ0n) is 10.6. The molecule has 0 aliphatic carbocycles. The van der Waals surface area contributed by atoms with Crippen molar-refractivity contribution in [2.75, 3.05) is 12.4 Å². The molecule has 0 atom stereocenters. The molecule has 0 bridgehead atoms. The van der Waals surface area contributed by atoms with E-state index in [0.29, 0.717) is 24.5 Å². The summed E-state index contributed by atoms with van der Waals surface area (Å²) in [5, 5.41) is 19.8. The first-order valence-corrected chi connectivity index (χ1v) is 5.86. The summed E-state index contributed by atoms with van der Waals surface area (Å²) in [6.07, 6.45) is 1.50. The Morgan fingerprint density at radius 2 is 2.16 bits per heavy atom. The lowest BCUT2D eigenvalue weighted by molar-refractivity contribution is 0.185. The van der Waals surface area contributed by atoms with Gasteiger partial charge in [-0.2, -0.15) is 10.4 Å². The van der Waals surface area contributed by atoms with E-state index >= 15 is 0 Å². The van der Waals surface area contributed by atoms with E-state index in [-0.39, 0.29) is 0 Å². The monoisotopic (exact) mass is 254 g/mol. The number of nitrogens with zero attached hydrogens (tertiary/aromatic N) is 3. The van der Waals surface area contributed by atoms with Crippen LogP contribution >= 0.6 is 0 Å². The molecule has 96 valence electrons. The second kappa shape index (κ2) is 6.47. The van der Waals surface area contributed by atoms with Crippen molar-refractivity contribution in [2.24, 2.45) is 0 Å². The molecule has 1 N–H and O–H groups in total. The van der Waals surface area contributed by atoms with Gasteiger partial charge in [0.05, 0.1) is 18.4 Å². The molecular weight excluding hydrogens is 240 g/mol. The molecule has 0 saturated carbocycles. The topological polar surface area (TPSA) is 70.8 Å². The zero-order chi connectivity index (χ0) is 13.5. The molecule has 5 nitrogen and oxygen atoms in total. The number of hydrogen-bond donors (Lipinski definition) is 1. The second-order valence-corrected chi connectivity index (χ2v) is 4.01. The van der Waals surface area contributed by atoms with Crippen LogP contribution in [0.1, 0.15) is 16.7 Å². The standard InChI is InChI=1S/C14H14N4O/c1-19-10-12-4-2-3-11(7-12)9-16-14-13(8-15)5-6-17-18-14/h2-7H,9-10H2,1H3,(H,16,18). The highest BCUT2D eigenvalue weighted by atomic mass is 16.5. The molecule has 1 heterocycles. The SMILES string of the molecule is COCc1cccc(CNc2nnccc2C#N)c1. The van der Waals surface area contributed by atoms with Crippen molar-refractivity contribution in [2.45, 2.75) is 13.2 Å². The summed E-state index contributed by atoms with van der Waals surface area (Å²) in [4.78, 5) is 0. The third-order valence-electron chi connectivity index (χ3n) is 2.60. The highest BCUT2D eigenvalue weighted by Crippen LogP contribution is 2.12. The smallest absolute Gasteiger partial charge is 0.166 e. The normalized spacial score (nSPS) is 9.89. The molecular formula is C14H14N4O. The van der Waals surface area contributed by atoms with Crippen molar-refractivity contribution in [3.05, 3.63) is 53.2 Å². The zero-order valence-corrected chi connectivity index (χ0v) is 10.6. The third kappa shape index (κ3) is 3.50. The number of rotatable bonds is 5. The van der Waals surface area contributed by atoms with Crippen LogP contribution in [-0.4, -0.2) is 17.3 Å². The largest absolute Gasteiger partial charge is 0.380 e. The molecule has 5 heteroatoms. The van der Waals surface area contributed by atoms with Gasteiger partial charge in [0, 0.05) is 13.7 Å². The summed E-state index contributed by atoms with van der Waals surface area (Å²) in [5.41, 5.74) is 2.70. The average Bonchev–Trinajstić information content (AvgIpc) is 2.46. The van der Waals surface area contributed by atoms with Crippen LogP contribution in [0.2, 0.25) is 0 Å². The predicted octanol–water partition coefficient (Wildman–Crippen LogP) is 2.11. The first-order chi connectivity index (χ1) is 9.33. The van der Waals surface area contributed by atoms with E-state index in [1.807, 2.05) is 18.2 Å². The highest BCUT2D eigenvalue weighted by Gasteiger charge is 2.03. The summed E-state index contributed by atoms with van der Waals surface area (Å²) in [7, 11) is 1.67. The number of hydrogen-bond acceptors (Lipinski definition) is 5. The summed E-state index contributed by atoms with van der Waals surface area (Å²) in [6.45, 7) is 1.17. The summed E-state index contributed by atoms with van der Waals surface area (Å²) in [5.74, 6) is 0.502. The first kappa shape index (κ1) is 13.0. The van der Waals surface area contributed by atoms with Crippen LogP contribution in [0.15, 0.2) is 36.5 Å². The van der Waals surface area contributed by atoms with E-state index in [4.69, 9.17) is 10.00 Å². The Morgan fingerprint density at radius 3 is 2.95 bits per heavy atom. The lowest BCUT2D eigenvalue weighted by Gasteiger charge is -2.07. The van der Waals surface area contributed by atoms with E-state index in [1.54, 1.807) is 13.2 Å². The molecule has 0 unspecified atom stereocenters. The number of nitrogens with one attached hydrogen (secondary N) is 1. The lowest BCUT2D eigenvalue weighted by Crippen LogP contribution is -2.04. The Morgan fingerprint density at radius 1 is 1.32 bits per heavy atom. The summed E-state index contributed by atoms with van der Waals surface area (Å²) >= 11 is 0. The molecule has 0 saturated heterocycles. The van der Waals surface area contributed by atoms with Gasteiger partial charge in [-0.1, -0.05) is 24.3 Å². The molecule has 2 rings (SSSR count). The van der Waals surface area contributed by atoms with Gasteiger partial charge in [0.2, 0.25) is 0 Å². The van der Waals surface area contributed by atoms with Crippen molar-refractivity contribution >= 4 is 5.82 Å². The summed E-state index contributed by atoms with van der Waals surface area (Å²) in [6, 6.07) is 11.8. The quantitative estimate of drug-likeness (QED) is 0.884. The number of aromatic nitrogens is 2. The molecule has 2 aromatic rings. The molecule has 0 aliphatic heterocycles. The minimum Gasteiger partial charge on any atom is -0.380 e. The molecule has 0 amide bonds. The maximum atomic E-state index is 8.96. The van der Waals surface area contributed by atoms with Gasteiger partial charge in [-0.05, 0) is 17.2 Å². The third-order valence-corrected chi connectivity index (χ3v) is 2.60. The van der Waals surface area contributed by atoms with Crippen LogP contribution in [0.5, 0.6) is 0 Å². The molecule has 1 aromatic carbocycles. The van der Waals surface area contributed by atoms with Crippen molar-refractivity contribution < 1.29 is 4.74 Å². The number of methoxy groups -OCH3 is 1. The fraction of sp³-hybridized carbons (Fsp3) is 0.214. The van der Waals surface area contributed by atoms with Gasteiger partial charge in [-0.25, -0.2) is 0 Å². The van der Waals surface area contributed by atoms with Crippen LogP contribution in [0.25, 0.3) is 0 Å². The van der Waals surface area contributed by atoms with Gasteiger partial charge in [-0.3, -0.25) is 0 Å². The van der Waals surface area contributed by atoms with Crippen LogP contribution < -0.4 is 5.32 Å². The molecule has 0 aliphatic rings. The van der Waals surface area contributed by atoms with Crippen LogP contribution in [0, 0.1) is 11.3 Å². The van der Waals surface area contributed by atoms with Crippen LogP contribution in [0.3, 0.4) is 0 Å². The van der Waals surface area contributed by atoms with Crippen molar-refractivity contribution in [3.8, 4) is 6.07 Å². The van der Waals surface area contributed by atoms with Gasteiger partial charge < -0.3 is 10.1 Å². The fourth-order valence-electron chi connectivity index (χ4n) is 1.73. The average molecular weight is 254 g/mol. The van der Waals surface area contributed by atoms with Gasteiger partial charge >= 0.3 is 0 Å². The Labute approximate surface area is 111 Å². The van der Waals surface area contributed by atoms with E-state index in [2.05, 4.69) is 27.6 Å². The Balaban J connectivity index is 2.06. The number of anilines is 1. The second-order valence-electron chi connectivity index (χ2n) is 4.01. The van der Waals surface area contributed by atoms with Crippen LogP contribution in [-0.2, 0) is 17.9 Å². The molecule has 1 aromatic heterocycles. The van der Waals surface area contributed by atoms with Gasteiger partial charge in [-0.15, -0.1) is 5.10 Å². The number of nitriles is 1. The molecule has 0 fully saturated rings. The first-order valence-electron chi connectivity index (χ1n) is 5.86. The molecule has 19 heavy (non-hydrogen) atoms. The Bertz CT molecular complexity index is 592. The maximum absolute atomic E-state index is 8.96. The minimum absolute atomic E-state index is 0.489. The van der Waals surface area contributed by atoms with E-state index in [9.17, 15) is 0 Å². The number of benzene rings is 1. The predicted molar refractivity (Wildman–Crippen MR) is 71.2 cm³/mol. The van der Waals surface area contributed by atoms with Gasteiger partial charge in [0.1, 0.15) is 6.07 Å². The summed E-state index contributed by atoms with van der Waals surface area (Å²) < 4.78 is 5.10. The molecule has 0 radical (unpaired) electrons. The Kier molecular flexibility index (Phi) is 4.43. The van der Waals surface area contributed by atoms with Gasteiger partial charge in [0.25, 0.3) is 0 Å². The molecule has 0 spiro atoms. The van der Waals surface area contributed by atoms with Crippen molar-refractivity contribution in [1.29, 1.82) is 5.26 Å². The lowest BCUT2D eigenvalue weighted by atomic mass is 10.1.